The highest BCUT2D eigenvalue weighted by Crippen LogP contribution is 2.24. The highest BCUT2D eigenvalue weighted by Gasteiger charge is 2.21. The van der Waals surface area contributed by atoms with E-state index < -0.39 is 10.0 Å². The fourth-order valence-electron chi connectivity index (χ4n) is 2.84. The lowest BCUT2D eigenvalue weighted by atomic mass is 10.1. The third-order valence-electron chi connectivity index (χ3n) is 4.17. The molecule has 0 saturated heterocycles. The molecule has 3 aromatic rings. The molecular weight excluding hydrogens is 356 g/mol. The molecule has 1 heterocycles. The number of hydrogen-bond donors (Lipinski definition) is 1. The van der Waals surface area contributed by atoms with Gasteiger partial charge in [0.05, 0.1) is 15.1 Å². The Labute approximate surface area is 151 Å². The van der Waals surface area contributed by atoms with Crippen molar-refractivity contribution in [1.29, 1.82) is 0 Å². The molecule has 0 aliphatic carbocycles. The topological polar surface area (TPSA) is 68.2 Å². The average Bonchev–Trinajstić information content (AvgIpc) is 2.94. The fourth-order valence-corrected chi connectivity index (χ4v) is 5.24. The van der Waals surface area contributed by atoms with Crippen molar-refractivity contribution in [2.45, 2.75) is 37.8 Å². The van der Waals surface area contributed by atoms with Gasteiger partial charge in [0.1, 0.15) is 0 Å². The van der Waals surface area contributed by atoms with E-state index in [9.17, 15) is 13.2 Å². The highest BCUT2D eigenvalue weighted by molar-refractivity contribution is 7.89. The number of sulfonamides is 1. The SMILES string of the molecule is CC[C@H](NS(=O)(=O)c1ccc2c(c1)sc(=O)n2CC)c1ccccc1. The summed E-state index contributed by atoms with van der Waals surface area (Å²) in [5, 5.41) is 0. The third-order valence-corrected chi connectivity index (χ3v) is 6.59. The molecule has 1 aromatic heterocycles. The van der Waals surface area contributed by atoms with Crippen molar-refractivity contribution in [1.82, 2.24) is 9.29 Å². The summed E-state index contributed by atoms with van der Waals surface area (Å²) in [4.78, 5) is 12.1. The minimum atomic E-state index is -3.68. The first kappa shape index (κ1) is 17.8. The normalized spacial score (nSPS) is 13.2. The molecule has 1 atom stereocenters. The van der Waals surface area contributed by atoms with Gasteiger partial charge in [-0.05, 0) is 37.1 Å². The zero-order valence-electron chi connectivity index (χ0n) is 14.1. The van der Waals surface area contributed by atoms with Crippen LogP contribution in [0, 0.1) is 0 Å². The molecule has 0 unspecified atom stereocenters. The summed E-state index contributed by atoms with van der Waals surface area (Å²) in [5.41, 5.74) is 1.70. The molecule has 0 radical (unpaired) electrons. The van der Waals surface area contributed by atoms with E-state index in [1.54, 1.807) is 22.8 Å². The molecule has 0 bridgehead atoms. The van der Waals surface area contributed by atoms with Crippen molar-refractivity contribution < 1.29 is 8.42 Å². The van der Waals surface area contributed by atoms with Crippen LogP contribution < -0.4 is 9.60 Å². The molecule has 7 heteroatoms. The zero-order valence-corrected chi connectivity index (χ0v) is 15.7. The van der Waals surface area contributed by atoms with E-state index in [1.807, 2.05) is 44.2 Å². The number of aryl methyl sites for hydroxylation is 1. The lowest BCUT2D eigenvalue weighted by Gasteiger charge is -2.17. The van der Waals surface area contributed by atoms with Crippen molar-refractivity contribution in [3.8, 4) is 0 Å². The lowest BCUT2D eigenvalue weighted by molar-refractivity contribution is 0.550. The number of nitrogens with one attached hydrogen (secondary N) is 1. The van der Waals surface area contributed by atoms with Crippen LogP contribution in [0.4, 0.5) is 0 Å². The number of rotatable bonds is 6. The molecule has 25 heavy (non-hydrogen) atoms. The maximum atomic E-state index is 12.8. The molecule has 2 aromatic carbocycles. The minimum Gasteiger partial charge on any atom is -0.299 e. The quantitative estimate of drug-likeness (QED) is 0.716. The van der Waals surface area contributed by atoms with E-state index >= 15 is 0 Å². The van der Waals surface area contributed by atoms with Crippen molar-refractivity contribution in [3.63, 3.8) is 0 Å². The summed E-state index contributed by atoms with van der Waals surface area (Å²) in [6.45, 7) is 4.40. The first-order valence-electron chi connectivity index (χ1n) is 8.17. The van der Waals surface area contributed by atoms with Gasteiger partial charge in [0.25, 0.3) is 0 Å². The Hall–Kier alpha value is -1.96. The summed E-state index contributed by atoms with van der Waals surface area (Å²) in [6, 6.07) is 14.1. The fraction of sp³-hybridized carbons (Fsp3) is 0.278. The number of aromatic nitrogens is 1. The Bertz CT molecular complexity index is 1040. The molecule has 0 spiro atoms. The van der Waals surface area contributed by atoms with Crippen molar-refractivity contribution >= 4 is 31.6 Å². The number of fused-ring (bicyclic) bond motifs is 1. The Morgan fingerprint density at radius 1 is 1.12 bits per heavy atom. The van der Waals surface area contributed by atoms with Crippen LogP contribution in [0.5, 0.6) is 0 Å². The third kappa shape index (κ3) is 3.53. The van der Waals surface area contributed by atoms with Crippen molar-refractivity contribution in [3.05, 3.63) is 63.8 Å². The van der Waals surface area contributed by atoms with Gasteiger partial charge in [0.15, 0.2) is 0 Å². The van der Waals surface area contributed by atoms with Gasteiger partial charge >= 0.3 is 4.87 Å². The van der Waals surface area contributed by atoms with Crippen LogP contribution in [0.15, 0.2) is 58.2 Å². The molecule has 1 N–H and O–H groups in total. The summed E-state index contributed by atoms with van der Waals surface area (Å²) < 4.78 is 30.7. The predicted molar refractivity (Wildman–Crippen MR) is 102 cm³/mol. The number of nitrogens with zero attached hydrogens (tertiary/aromatic N) is 1. The highest BCUT2D eigenvalue weighted by atomic mass is 32.2. The molecular formula is C18H20N2O3S2. The number of hydrogen-bond acceptors (Lipinski definition) is 4. The summed E-state index contributed by atoms with van der Waals surface area (Å²) >= 11 is 1.07. The number of thiazole rings is 1. The Balaban J connectivity index is 1.97. The molecule has 132 valence electrons. The molecule has 0 aliphatic heterocycles. The van der Waals surface area contributed by atoms with Crippen LogP contribution in [-0.4, -0.2) is 13.0 Å². The van der Waals surface area contributed by atoms with E-state index in [4.69, 9.17) is 0 Å². The van der Waals surface area contributed by atoms with Gasteiger partial charge in [0.2, 0.25) is 10.0 Å². The monoisotopic (exact) mass is 376 g/mol. The maximum absolute atomic E-state index is 12.8. The van der Waals surface area contributed by atoms with E-state index in [2.05, 4.69) is 4.72 Å². The molecule has 3 rings (SSSR count). The first-order valence-corrected chi connectivity index (χ1v) is 10.5. The molecule has 5 nitrogen and oxygen atoms in total. The van der Waals surface area contributed by atoms with Crippen LogP contribution in [0.1, 0.15) is 31.9 Å². The second-order valence-electron chi connectivity index (χ2n) is 5.73. The van der Waals surface area contributed by atoms with E-state index in [0.717, 1.165) is 22.4 Å². The van der Waals surface area contributed by atoms with E-state index in [0.29, 0.717) is 17.7 Å². The number of benzene rings is 2. The van der Waals surface area contributed by atoms with Crippen LogP contribution >= 0.6 is 11.3 Å². The van der Waals surface area contributed by atoms with Gasteiger partial charge < -0.3 is 0 Å². The molecule has 0 aliphatic rings. The van der Waals surface area contributed by atoms with Crippen molar-refractivity contribution in [2.24, 2.45) is 0 Å². The Morgan fingerprint density at radius 2 is 1.84 bits per heavy atom. The smallest absolute Gasteiger partial charge is 0.299 e. The first-order chi connectivity index (χ1) is 12.0. The van der Waals surface area contributed by atoms with Gasteiger partial charge in [-0.15, -0.1) is 0 Å². The summed E-state index contributed by atoms with van der Waals surface area (Å²) in [6.07, 6.45) is 0.644. The van der Waals surface area contributed by atoms with Crippen LogP contribution in [0.2, 0.25) is 0 Å². The maximum Gasteiger partial charge on any atom is 0.308 e. The second-order valence-corrected chi connectivity index (χ2v) is 8.44. The Morgan fingerprint density at radius 3 is 2.48 bits per heavy atom. The van der Waals surface area contributed by atoms with Gasteiger partial charge in [-0.25, -0.2) is 13.1 Å². The van der Waals surface area contributed by atoms with Gasteiger partial charge in [-0.1, -0.05) is 48.6 Å². The average molecular weight is 377 g/mol. The predicted octanol–water partition coefficient (Wildman–Crippen LogP) is 3.51. The van der Waals surface area contributed by atoms with Crippen LogP contribution in [0.25, 0.3) is 10.2 Å². The lowest BCUT2D eigenvalue weighted by Crippen LogP contribution is -2.28. The molecule has 0 fully saturated rings. The molecule has 0 amide bonds. The van der Waals surface area contributed by atoms with Crippen LogP contribution in [-0.2, 0) is 16.6 Å². The second kappa shape index (κ2) is 7.11. The van der Waals surface area contributed by atoms with Gasteiger partial charge in [-0.3, -0.25) is 9.36 Å². The van der Waals surface area contributed by atoms with Gasteiger partial charge in [-0.2, -0.15) is 0 Å². The standard InChI is InChI=1S/C18H20N2O3S2/c1-3-15(13-8-6-5-7-9-13)19-25(22,23)14-10-11-16-17(12-14)24-18(21)20(16)4-2/h5-12,15,19H,3-4H2,1-2H3/t15-/m0/s1. The zero-order chi connectivity index (χ0) is 18.0. The largest absolute Gasteiger partial charge is 0.308 e. The summed E-state index contributed by atoms with van der Waals surface area (Å²) in [5.74, 6) is 0. The Kier molecular flexibility index (Phi) is 5.08. The van der Waals surface area contributed by atoms with E-state index in [-0.39, 0.29) is 15.8 Å². The van der Waals surface area contributed by atoms with Crippen LogP contribution in [0.3, 0.4) is 0 Å². The summed E-state index contributed by atoms with van der Waals surface area (Å²) in [7, 11) is -3.68. The van der Waals surface area contributed by atoms with Gasteiger partial charge in [0, 0.05) is 12.6 Å². The minimum absolute atomic E-state index is 0.0734. The van der Waals surface area contributed by atoms with Crippen molar-refractivity contribution in [2.75, 3.05) is 0 Å². The van der Waals surface area contributed by atoms with E-state index in [1.165, 1.54) is 0 Å². The molecule has 0 saturated carbocycles.